The lowest BCUT2D eigenvalue weighted by molar-refractivity contribution is -0.133. The maximum Gasteiger partial charge on any atom is 0.239 e. The van der Waals surface area contributed by atoms with Crippen LogP contribution in [-0.2, 0) is 11.3 Å². The quantitative estimate of drug-likeness (QED) is 0.928. The van der Waals surface area contributed by atoms with Crippen molar-refractivity contribution in [3.05, 3.63) is 29.8 Å². The molecule has 0 saturated heterocycles. The fraction of sp³-hybridized carbons (Fsp3) is 0.533. The third-order valence-corrected chi connectivity index (χ3v) is 3.70. The molecule has 1 aliphatic heterocycles. The van der Waals surface area contributed by atoms with E-state index >= 15 is 0 Å². The molecule has 0 aliphatic carbocycles. The number of anilines is 1. The van der Waals surface area contributed by atoms with Gasteiger partial charge in [0.2, 0.25) is 5.91 Å². The van der Waals surface area contributed by atoms with Gasteiger partial charge in [-0.3, -0.25) is 4.79 Å². The molecule has 0 spiro atoms. The first-order valence-electron chi connectivity index (χ1n) is 6.97. The molecule has 1 aliphatic rings. The average Bonchev–Trinajstić information content (AvgIpc) is 2.58. The number of carbonyl (C=O) groups excluding carboxylic acids is 1. The summed E-state index contributed by atoms with van der Waals surface area (Å²) in [5, 5.41) is 0. The molecule has 0 saturated carbocycles. The molecule has 1 unspecified atom stereocenters. The predicted molar refractivity (Wildman–Crippen MR) is 85.3 cm³/mol. The Morgan fingerprint density at radius 2 is 2.05 bits per heavy atom. The zero-order chi connectivity index (χ0) is 13.8. The fourth-order valence-corrected chi connectivity index (χ4v) is 2.55. The van der Waals surface area contributed by atoms with Gasteiger partial charge in [-0.2, -0.15) is 0 Å². The van der Waals surface area contributed by atoms with Gasteiger partial charge in [-0.05, 0) is 18.1 Å². The van der Waals surface area contributed by atoms with Crippen LogP contribution in [0.4, 0.5) is 5.69 Å². The summed E-state index contributed by atoms with van der Waals surface area (Å²) in [4.78, 5) is 16.4. The molecule has 1 heterocycles. The van der Waals surface area contributed by atoms with Crippen molar-refractivity contribution in [1.82, 2.24) is 4.90 Å². The Kier molecular flexibility index (Phi) is 6.30. The van der Waals surface area contributed by atoms with E-state index in [2.05, 4.69) is 31.0 Å². The summed E-state index contributed by atoms with van der Waals surface area (Å²) in [6.07, 6.45) is 1.70. The Labute approximate surface area is 127 Å². The number of likely N-dealkylation sites (N-methyl/N-ethyl adjacent to an activating group) is 1. The molecule has 112 valence electrons. The number of nitrogens with two attached hydrogens (primary N) is 1. The van der Waals surface area contributed by atoms with Crippen molar-refractivity contribution < 1.29 is 4.79 Å². The van der Waals surface area contributed by atoms with Crippen molar-refractivity contribution in [2.75, 3.05) is 25.0 Å². The van der Waals surface area contributed by atoms with Crippen LogP contribution >= 0.6 is 12.4 Å². The molecule has 0 radical (unpaired) electrons. The third-order valence-electron chi connectivity index (χ3n) is 3.70. The molecule has 0 aromatic heterocycles. The number of benzene rings is 1. The average molecular weight is 298 g/mol. The maximum absolute atomic E-state index is 12.3. The smallest absolute Gasteiger partial charge is 0.239 e. The number of para-hydroxylation sites is 1. The number of amides is 1. The topological polar surface area (TPSA) is 49.6 Å². The van der Waals surface area contributed by atoms with Crippen LogP contribution in [0.15, 0.2) is 24.3 Å². The van der Waals surface area contributed by atoms with E-state index in [9.17, 15) is 4.79 Å². The largest absolute Gasteiger partial charge is 0.373 e. The highest BCUT2D eigenvalue weighted by molar-refractivity contribution is 5.85. The summed E-state index contributed by atoms with van der Waals surface area (Å²) in [6, 6.07) is 7.89. The highest BCUT2D eigenvalue weighted by Crippen LogP contribution is 2.23. The Bertz CT molecular complexity index is 452. The van der Waals surface area contributed by atoms with E-state index in [0.29, 0.717) is 6.54 Å². The summed E-state index contributed by atoms with van der Waals surface area (Å²) in [7, 11) is 2.07. The normalized spacial score (nSPS) is 15.9. The molecule has 0 bridgehead atoms. The number of fused-ring (bicyclic) bond motifs is 1. The van der Waals surface area contributed by atoms with Crippen LogP contribution < -0.4 is 10.6 Å². The van der Waals surface area contributed by atoms with E-state index in [0.717, 1.165) is 25.9 Å². The Hall–Kier alpha value is -1.26. The van der Waals surface area contributed by atoms with Gasteiger partial charge in [0.15, 0.2) is 0 Å². The van der Waals surface area contributed by atoms with Gasteiger partial charge >= 0.3 is 0 Å². The number of nitrogens with zero attached hydrogens (tertiary/aromatic N) is 2. The minimum atomic E-state index is -0.361. The van der Waals surface area contributed by atoms with Gasteiger partial charge in [0.05, 0.1) is 6.04 Å². The molecular formula is C15H24ClN3O. The highest BCUT2D eigenvalue weighted by atomic mass is 35.5. The summed E-state index contributed by atoms with van der Waals surface area (Å²) in [5.41, 5.74) is 8.36. The zero-order valence-electron chi connectivity index (χ0n) is 12.2. The minimum absolute atomic E-state index is 0. The molecule has 20 heavy (non-hydrogen) atoms. The molecule has 2 N–H and O–H groups in total. The number of hydrogen-bond donors (Lipinski definition) is 1. The molecule has 0 fully saturated rings. The van der Waals surface area contributed by atoms with Crippen molar-refractivity contribution in [2.24, 2.45) is 5.73 Å². The Morgan fingerprint density at radius 3 is 2.75 bits per heavy atom. The molecule has 4 nitrogen and oxygen atoms in total. The monoisotopic (exact) mass is 297 g/mol. The van der Waals surface area contributed by atoms with Gasteiger partial charge in [-0.15, -0.1) is 12.4 Å². The van der Waals surface area contributed by atoms with Crippen LogP contribution in [0.5, 0.6) is 0 Å². The van der Waals surface area contributed by atoms with Crippen LogP contribution in [-0.4, -0.2) is 37.0 Å². The van der Waals surface area contributed by atoms with E-state index in [1.807, 2.05) is 17.0 Å². The second-order valence-electron chi connectivity index (χ2n) is 5.21. The predicted octanol–water partition coefficient (Wildman–Crippen LogP) is 2.01. The molecular weight excluding hydrogens is 274 g/mol. The maximum atomic E-state index is 12.3. The van der Waals surface area contributed by atoms with Crippen LogP contribution in [0.2, 0.25) is 0 Å². The lowest BCUT2D eigenvalue weighted by Crippen LogP contribution is -2.44. The number of rotatable bonds is 3. The number of carbonyl (C=O) groups is 1. The van der Waals surface area contributed by atoms with Crippen LogP contribution in [0.1, 0.15) is 25.3 Å². The van der Waals surface area contributed by atoms with E-state index in [4.69, 9.17) is 5.73 Å². The molecule has 1 amide bonds. The van der Waals surface area contributed by atoms with Crippen molar-refractivity contribution in [3.8, 4) is 0 Å². The fourth-order valence-electron chi connectivity index (χ4n) is 2.55. The van der Waals surface area contributed by atoms with Gasteiger partial charge in [0.1, 0.15) is 0 Å². The summed E-state index contributed by atoms with van der Waals surface area (Å²) < 4.78 is 0. The molecule has 2 rings (SSSR count). The minimum Gasteiger partial charge on any atom is -0.373 e. The van der Waals surface area contributed by atoms with Gasteiger partial charge < -0.3 is 15.5 Å². The van der Waals surface area contributed by atoms with Crippen molar-refractivity contribution in [2.45, 2.75) is 32.4 Å². The first-order valence-corrected chi connectivity index (χ1v) is 6.97. The zero-order valence-corrected chi connectivity index (χ0v) is 13.0. The van der Waals surface area contributed by atoms with Crippen molar-refractivity contribution >= 4 is 24.0 Å². The summed E-state index contributed by atoms with van der Waals surface area (Å²) >= 11 is 0. The van der Waals surface area contributed by atoms with Gasteiger partial charge in [0, 0.05) is 32.4 Å². The molecule has 5 heteroatoms. The van der Waals surface area contributed by atoms with Crippen LogP contribution in [0.3, 0.4) is 0 Å². The Balaban J connectivity index is 0.00000200. The van der Waals surface area contributed by atoms with Crippen LogP contribution in [0.25, 0.3) is 0 Å². The summed E-state index contributed by atoms with van der Waals surface area (Å²) in [5.74, 6) is 0.0759. The number of halogens is 1. The van der Waals surface area contributed by atoms with Gasteiger partial charge in [-0.25, -0.2) is 0 Å². The van der Waals surface area contributed by atoms with E-state index in [1.165, 1.54) is 11.3 Å². The highest BCUT2D eigenvalue weighted by Gasteiger charge is 2.24. The Morgan fingerprint density at radius 1 is 1.35 bits per heavy atom. The lowest BCUT2D eigenvalue weighted by atomic mass is 10.1. The van der Waals surface area contributed by atoms with Crippen LogP contribution in [0, 0.1) is 0 Å². The first kappa shape index (κ1) is 16.8. The van der Waals surface area contributed by atoms with E-state index in [1.54, 1.807) is 0 Å². The standard InChI is InChI=1S/C15H23N3O.ClH/c1-3-6-13(16)15(19)18-10-9-17(2)14-8-5-4-7-12(14)11-18;/h4-5,7-8,13H,3,6,9-11,16H2,1-2H3;1H. The lowest BCUT2D eigenvalue weighted by Gasteiger charge is -2.24. The molecule has 1 aromatic rings. The van der Waals surface area contributed by atoms with Crippen molar-refractivity contribution in [3.63, 3.8) is 0 Å². The SMILES string of the molecule is CCCC(N)C(=O)N1CCN(C)c2ccccc2C1.Cl. The first-order chi connectivity index (χ1) is 9.13. The second kappa shape index (κ2) is 7.50. The van der Waals surface area contributed by atoms with E-state index < -0.39 is 0 Å². The molecule has 1 aromatic carbocycles. The van der Waals surface area contributed by atoms with Crippen molar-refractivity contribution in [1.29, 1.82) is 0 Å². The van der Waals surface area contributed by atoms with E-state index in [-0.39, 0.29) is 24.4 Å². The third kappa shape index (κ3) is 3.64. The van der Waals surface area contributed by atoms with Gasteiger partial charge in [0.25, 0.3) is 0 Å². The second-order valence-corrected chi connectivity index (χ2v) is 5.21. The van der Waals surface area contributed by atoms with Gasteiger partial charge in [-0.1, -0.05) is 31.5 Å². The number of hydrogen-bond acceptors (Lipinski definition) is 3. The summed E-state index contributed by atoms with van der Waals surface area (Å²) in [6.45, 7) is 4.30. The molecule has 1 atom stereocenters.